The zero-order valence-corrected chi connectivity index (χ0v) is 24.4. The Morgan fingerprint density at radius 1 is 0.974 bits per heavy atom. The van der Waals surface area contributed by atoms with Crippen LogP contribution >= 0.6 is 11.6 Å². The number of amides is 2. The van der Waals surface area contributed by atoms with Crippen LogP contribution < -0.4 is 9.62 Å². The van der Waals surface area contributed by atoms with Crippen molar-refractivity contribution in [3.8, 4) is 0 Å². The number of unbranched alkanes of at least 4 members (excludes halogenated alkanes) is 1. The first-order chi connectivity index (χ1) is 18.5. The molecule has 3 aromatic rings. The van der Waals surface area contributed by atoms with E-state index in [4.69, 9.17) is 11.6 Å². The first-order valence-corrected chi connectivity index (χ1v) is 14.8. The third kappa shape index (κ3) is 7.83. The largest absolute Gasteiger partial charge is 0.354 e. The SMILES string of the molecule is CCCCNC(=O)[C@@H](C)N(Cc1cccc(C)c1)C(=O)CN(c1cc(Cl)ccc1C)S(=O)(=O)c1ccccc1. The topological polar surface area (TPSA) is 86.8 Å². The summed E-state index contributed by atoms with van der Waals surface area (Å²) in [6, 6.07) is 19.7. The van der Waals surface area contributed by atoms with Crippen molar-refractivity contribution in [2.75, 3.05) is 17.4 Å². The van der Waals surface area contributed by atoms with E-state index in [-0.39, 0.29) is 17.3 Å². The maximum absolute atomic E-state index is 14.0. The number of hydrogen-bond acceptors (Lipinski definition) is 4. The molecule has 3 aromatic carbocycles. The summed E-state index contributed by atoms with van der Waals surface area (Å²) in [4.78, 5) is 28.5. The molecule has 1 atom stereocenters. The molecule has 9 heteroatoms. The Kier molecular flexibility index (Phi) is 10.5. The molecule has 7 nitrogen and oxygen atoms in total. The lowest BCUT2D eigenvalue weighted by Gasteiger charge is -2.32. The third-order valence-corrected chi connectivity index (χ3v) is 8.49. The predicted octanol–water partition coefficient (Wildman–Crippen LogP) is 5.49. The van der Waals surface area contributed by atoms with Crippen molar-refractivity contribution in [3.05, 3.63) is 94.5 Å². The molecule has 1 N–H and O–H groups in total. The summed E-state index contributed by atoms with van der Waals surface area (Å²) in [5, 5.41) is 3.24. The zero-order chi connectivity index (χ0) is 28.6. The van der Waals surface area contributed by atoms with E-state index >= 15 is 0 Å². The van der Waals surface area contributed by atoms with Gasteiger partial charge >= 0.3 is 0 Å². The summed E-state index contributed by atoms with van der Waals surface area (Å²) in [6.45, 7) is 7.55. The molecule has 0 heterocycles. The maximum Gasteiger partial charge on any atom is 0.264 e. The number of carbonyl (C=O) groups excluding carboxylic acids is 2. The highest BCUT2D eigenvalue weighted by Crippen LogP contribution is 2.30. The van der Waals surface area contributed by atoms with Crippen molar-refractivity contribution >= 4 is 39.1 Å². The molecular weight excluding hydrogens is 534 g/mol. The van der Waals surface area contributed by atoms with Crippen LogP contribution in [0.2, 0.25) is 5.02 Å². The van der Waals surface area contributed by atoms with Crippen molar-refractivity contribution in [2.45, 2.75) is 58.0 Å². The normalized spacial score (nSPS) is 12.0. The molecular formula is C30H36ClN3O4S. The van der Waals surface area contributed by atoms with E-state index in [9.17, 15) is 18.0 Å². The quantitative estimate of drug-likeness (QED) is 0.292. The summed E-state index contributed by atoms with van der Waals surface area (Å²) < 4.78 is 28.8. The maximum atomic E-state index is 14.0. The van der Waals surface area contributed by atoms with Crippen LogP contribution in [-0.2, 0) is 26.2 Å². The van der Waals surface area contributed by atoms with Gasteiger partial charge in [-0.3, -0.25) is 13.9 Å². The minimum absolute atomic E-state index is 0.0489. The average molecular weight is 570 g/mol. The molecule has 2 amide bonds. The first kappa shape index (κ1) is 30.2. The van der Waals surface area contributed by atoms with Gasteiger partial charge in [-0.05, 0) is 62.6 Å². The second kappa shape index (κ2) is 13.6. The Morgan fingerprint density at radius 2 is 1.69 bits per heavy atom. The van der Waals surface area contributed by atoms with E-state index in [0.717, 1.165) is 28.3 Å². The fraction of sp³-hybridized carbons (Fsp3) is 0.333. The Balaban J connectivity index is 2.03. The predicted molar refractivity (Wildman–Crippen MR) is 156 cm³/mol. The zero-order valence-electron chi connectivity index (χ0n) is 22.9. The number of halogens is 1. The van der Waals surface area contributed by atoms with Crippen LogP contribution in [0, 0.1) is 13.8 Å². The number of hydrogen-bond donors (Lipinski definition) is 1. The standard InChI is InChI=1S/C30H36ClN3O4S/c1-5-6-17-32-30(36)24(4)33(20-25-12-10-11-22(2)18-25)29(35)21-34(28-19-26(31)16-15-23(28)3)39(37,38)27-13-8-7-9-14-27/h7-16,18-19,24H,5-6,17,20-21H2,1-4H3,(H,32,36)/t24-/m1/s1. The highest BCUT2D eigenvalue weighted by atomic mass is 35.5. The molecule has 0 saturated carbocycles. The highest BCUT2D eigenvalue weighted by molar-refractivity contribution is 7.92. The Labute approximate surface area is 236 Å². The van der Waals surface area contributed by atoms with Gasteiger partial charge < -0.3 is 10.2 Å². The van der Waals surface area contributed by atoms with Gasteiger partial charge in [0.2, 0.25) is 11.8 Å². The van der Waals surface area contributed by atoms with Gasteiger partial charge in [0.15, 0.2) is 0 Å². The number of aryl methyl sites for hydroxylation is 2. The smallest absolute Gasteiger partial charge is 0.264 e. The van der Waals surface area contributed by atoms with Gasteiger partial charge in [-0.15, -0.1) is 0 Å². The van der Waals surface area contributed by atoms with Gasteiger partial charge in [0.25, 0.3) is 10.0 Å². The summed E-state index contributed by atoms with van der Waals surface area (Å²) in [7, 11) is -4.14. The van der Waals surface area contributed by atoms with Crippen molar-refractivity contribution in [2.24, 2.45) is 0 Å². The molecule has 208 valence electrons. The molecule has 0 fully saturated rings. The van der Waals surface area contributed by atoms with E-state index < -0.39 is 28.5 Å². The number of rotatable bonds is 12. The van der Waals surface area contributed by atoms with E-state index in [1.165, 1.54) is 23.1 Å². The fourth-order valence-electron chi connectivity index (χ4n) is 4.21. The van der Waals surface area contributed by atoms with Crippen LogP contribution in [0.4, 0.5) is 5.69 Å². The first-order valence-electron chi connectivity index (χ1n) is 13.0. The highest BCUT2D eigenvalue weighted by Gasteiger charge is 2.33. The summed E-state index contributed by atoms with van der Waals surface area (Å²) >= 11 is 6.26. The van der Waals surface area contributed by atoms with Crippen LogP contribution in [0.1, 0.15) is 43.4 Å². The number of nitrogens with one attached hydrogen (secondary N) is 1. The van der Waals surface area contributed by atoms with E-state index in [0.29, 0.717) is 22.8 Å². The monoisotopic (exact) mass is 569 g/mol. The van der Waals surface area contributed by atoms with Crippen molar-refractivity contribution in [1.82, 2.24) is 10.2 Å². The Bertz CT molecular complexity index is 1400. The van der Waals surface area contributed by atoms with Gasteiger partial charge in [0, 0.05) is 18.1 Å². The Hall–Kier alpha value is -3.36. The Morgan fingerprint density at radius 3 is 2.36 bits per heavy atom. The lowest BCUT2D eigenvalue weighted by molar-refractivity contribution is -0.139. The summed E-state index contributed by atoms with van der Waals surface area (Å²) in [6.07, 6.45) is 1.74. The average Bonchev–Trinajstić information content (AvgIpc) is 2.92. The molecule has 0 aliphatic heterocycles. The van der Waals surface area contributed by atoms with Crippen molar-refractivity contribution < 1.29 is 18.0 Å². The van der Waals surface area contributed by atoms with Gasteiger partial charge in [-0.25, -0.2) is 8.42 Å². The molecule has 3 rings (SSSR count). The van der Waals surface area contributed by atoms with Gasteiger partial charge in [0.1, 0.15) is 12.6 Å². The van der Waals surface area contributed by atoms with Gasteiger partial charge in [-0.2, -0.15) is 0 Å². The summed E-state index contributed by atoms with van der Waals surface area (Å²) in [5.41, 5.74) is 2.80. The number of sulfonamides is 1. The minimum Gasteiger partial charge on any atom is -0.354 e. The van der Waals surface area contributed by atoms with Crippen LogP contribution in [-0.4, -0.2) is 44.3 Å². The van der Waals surface area contributed by atoms with E-state index in [1.807, 2.05) is 38.1 Å². The fourth-order valence-corrected chi connectivity index (χ4v) is 5.87. The molecule has 0 radical (unpaired) electrons. The van der Waals surface area contributed by atoms with Gasteiger partial charge in [0.05, 0.1) is 10.6 Å². The second-order valence-corrected chi connectivity index (χ2v) is 11.9. The molecule has 0 unspecified atom stereocenters. The molecule has 0 spiro atoms. The lowest BCUT2D eigenvalue weighted by Crippen LogP contribution is -2.51. The molecule has 0 saturated heterocycles. The van der Waals surface area contributed by atoms with Crippen LogP contribution in [0.15, 0.2) is 77.7 Å². The molecule has 0 aromatic heterocycles. The van der Waals surface area contributed by atoms with Crippen molar-refractivity contribution in [3.63, 3.8) is 0 Å². The van der Waals surface area contributed by atoms with Crippen LogP contribution in [0.5, 0.6) is 0 Å². The molecule has 0 aliphatic carbocycles. The second-order valence-electron chi connectivity index (χ2n) is 9.59. The summed E-state index contributed by atoms with van der Waals surface area (Å²) in [5.74, 6) is -0.797. The van der Waals surface area contributed by atoms with E-state index in [2.05, 4.69) is 5.32 Å². The number of nitrogens with zero attached hydrogens (tertiary/aromatic N) is 2. The molecule has 0 bridgehead atoms. The lowest BCUT2D eigenvalue weighted by atomic mass is 10.1. The van der Waals surface area contributed by atoms with Crippen LogP contribution in [0.3, 0.4) is 0 Å². The third-order valence-electron chi connectivity index (χ3n) is 6.48. The molecule has 39 heavy (non-hydrogen) atoms. The van der Waals surface area contributed by atoms with Gasteiger partial charge in [-0.1, -0.05) is 79.0 Å². The van der Waals surface area contributed by atoms with Crippen molar-refractivity contribution in [1.29, 1.82) is 0 Å². The number of anilines is 1. The van der Waals surface area contributed by atoms with E-state index in [1.54, 1.807) is 44.2 Å². The molecule has 0 aliphatic rings. The number of benzene rings is 3. The number of carbonyl (C=O) groups is 2. The minimum atomic E-state index is -4.14. The van der Waals surface area contributed by atoms with Crippen LogP contribution in [0.25, 0.3) is 0 Å².